The predicted molar refractivity (Wildman–Crippen MR) is 102 cm³/mol. The van der Waals surface area contributed by atoms with Crippen LogP contribution in [-0.4, -0.2) is 35.6 Å². The Balaban J connectivity index is 1.40. The molecule has 0 amide bonds. The van der Waals surface area contributed by atoms with Gasteiger partial charge in [0.05, 0.1) is 5.69 Å². The van der Waals surface area contributed by atoms with Crippen LogP contribution in [0.2, 0.25) is 0 Å². The van der Waals surface area contributed by atoms with Gasteiger partial charge in [-0.2, -0.15) is 0 Å². The van der Waals surface area contributed by atoms with Crippen molar-refractivity contribution in [1.82, 2.24) is 15.2 Å². The predicted octanol–water partition coefficient (Wildman–Crippen LogP) is 3.82. The van der Waals surface area contributed by atoms with Gasteiger partial charge in [-0.05, 0) is 54.8 Å². The second-order valence-electron chi connectivity index (χ2n) is 7.23. The lowest BCUT2D eigenvalue weighted by Crippen LogP contribution is -2.49. The summed E-state index contributed by atoms with van der Waals surface area (Å²) in [4.78, 5) is 8.50. The zero-order valence-electron chi connectivity index (χ0n) is 14.8. The highest BCUT2D eigenvalue weighted by molar-refractivity contribution is 7.09. The van der Waals surface area contributed by atoms with E-state index in [4.69, 9.17) is 0 Å². The number of rotatable bonds is 7. The van der Waals surface area contributed by atoms with E-state index >= 15 is 0 Å². The molecule has 2 aromatic rings. The second kappa shape index (κ2) is 8.75. The summed E-state index contributed by atoms with van der Waals surface area (Å²) in [5.74, 6) is 1.39. The van der Waals surface area contributed by atoms with E-state index < -0.39 is 0 Å². The molecule has 130 valence electrons. The van der Waals surface area contributed by atoms with Gasteiger partial charge in [0.1, 0.15) is 0 Å². The monoisotopic (exact) mass is 343 g/mol. The molecule has 3 rings (SSSR count). The summed E-state index contributed by atoms with van der Waals surface area (Å²) in [7, 11) is 0. The van der Waals surface area contributed by atoms with Crippen LogP contribution in [0.25, 0.3) is 0 Å². The molecule has 3 nitrogen and oxygen atoms in total. The molecule has 3 heterocycles. The van der Waals surface area contributed by atoms with Gasteiger partial charge in [-0.1, -0.05) is 26.0 Å². The van der Waals surface area contributed by atoms with Gasteiger partial charge in [0.25, 0.3) is 0 Å². The summed E-state index contributed by atoms with van der Waals surface area (Å²) in [6.45, 7) is 9.16. The maximum atomic E-state index is 4.46. The van der Waals surface area contributed by atoms with Crippen molar-refractivity contribution in [3.8, 4) is 0 Å². The standard InChI is InChI=1S/C20H29N3S/c1-16(12-19-7-5-11-24-19)13-22-20-8-10-23(14-17(20)2)15-18-6-3-4-9-21-18/h3-7,9,11,16-17,20,22H,8,10,12-15H2,1-2H3/t16-,17+,20+/m0/s1. The van der Waals surface area contributed by atoms with Crippen LogP contribution in [0.1, 0.15) is 30.8 Å². The van der Waals surface area contributed by atoms with Crippen molar-refractivity contribution < 1.29 is 0 Å². The van der Waals surface area contributed by atoms with Crippen molar-refractivity contribution in [2.45, 2.75) is 39.3 Å². The van der Waals surface area contributed by atoms with Crippen LogP contribution in [-0.2, 0) is 13.0 Å². The Morgan fingerprint density at radius 2 is 2.25 bits per heavy atom. The number of aromatic nitrogens is 1. The van der Waals surface area contributed by atoms with E-state index in [9.17, 15) is 0 Å². The number of piperidine rings is 1. The molecule has 3 atom stereocenters. The molecule has 0 radical (unpaired) electrons. The molecule has 24 heavy (non-hydrogen) atoms. The van der Waals surface area contributed by atoms with Crippen LogP contribution >= 0.6 is 11.3 Å². The third kappa shape index (κ3) is 5.13. The lowest BCUT2D eigenvalue weighted by Gasteiger charge is -2.37. The van der Waals surface area contributed by atoms with Gasteiger partial charge in [0.2, 0.25) is 0 Å². The Hall–Kier alpha value is -1.23. The Kier molecular flexibility index (Phi) is 6.41. The summed E-state index contributed by atoms with van der Waals surface area (Å²) in [5.41, 5.74) is 1.18. The van der Waals surface area contributed by atoms with E-state index in [0.717, 1.165) is 26.2 Å². The molecular weight excluding hydrogens is 314 g/mol. The van der Waals surface area contributed by atoms with Crippen LogP contribution in [0.5, 0.6) is 0 Å². The molecule has 1 N–H and O–H groups in total. The first-order chi connectivity index (χ1) is 11.7. The molecule has 1 fully saturated rings. The average molecular weight is 344 g/mol. The maximum Gasteiger partial charge on any atom is 0.0543 e. The fourth-order valence-electron chi connectivity index (χ4n) is 3.60. The highest BCUT2D eigenvalue weighted by Gasteiger charge is 2.26. The summed E-state index contributed by atoms with van der Waals surface area (Å²) < 4.78 is 0. The van der Waals surface area contributed by atoms with E-state index in [-0.39, 0.29) is 0 Å². The molecule has 1 saturated heterocycles. The highest BCUT2D eigenvalue weighted by atomic mass is 32.1. The van der Waals surface area contributed by atoms with Crippen molar-refractivity contribution in [2.75, 3.05) is 19.6 Å². The quantitative estimate of drug-likeness (QED) is 0.828. The minimum absolute atomic E-state index is 0.649. The van der Waals surface area contributed by atoms with Crippen molar-refractivity contribution in [3.05, 3.63) is 52.5 Å². The normalized spacial score (nSPS) is 23.2. The molecule has 0 aromatic carbocycles. The van der Waals surface area contributed by atoms with Crippen LogP contribution in [0.15, 0.2) is 41.9 Å². The van der Waals surface area contributed by atoms with Gasteiger partial charge in [0, 0.05) is 36.8 Å². The van der Waals surface area contributed by atoms with Gasteiger partial charge >= 0.3 is 0 Å². The topological polar surface area (TPSA) is 28.2 Å². The van der Waals surface area contributed by atoms with E-state index in [2.05, 4.69) is 58.7 Å². The van der Waals surface area contributed by atoms with Crippen LogP contribution < -0.4 is 5.32 Å². The fourth-order valence-corrected chi connectivity index (χ4v) is 4.47. The lowest BCUT2D eigenvalue weighted by molar-refractivity contribution is 0.137. The number of pyridine rings is 1. The van der Waals surface area contributed by atoms with Crippen molar-refractivity contribution in [1.29, 1.82) is 0 Å². The smallest absolute Gasteiger partial charge is 0.0543 e. The molecule has 4 heteroatoms. The first-order valence-corrected chi connectivity index (χ1v) is 9.96. The van der Waals surface area contributed by atoms with Gasteiger partial charge in [-0.15, -0.1) is 11.3 Å². The number of nitrogens with one attached hydrogen (secondary N) is 1. The maximum absolute atomic E-state index is 4.46. The average Bonchev–Trinajstić information content (AvgIpc) is 3.08. The van der Waals surface area contributed by atoms with Crippen LogP contribution in [0, 0.1) is 11.8 Å². The zero-order valence-corrected chi connectivity index (χ0v) is 15.6. The van der Waals surface area contributed by atoms with Gasteiger partial charge in [-0.3, -0.25) is 9.88 Å². The SMILES string of the molecule is C[C@H](CN[C@@H]1CCN(Cc2ccccn2)C[C@H]1C)Cc1cccs1. The van der Waals surface area contributed by atoms with E-state index in [1.165, 1.54) is 23.4 Å². The Labute approximate surface area is 150 Å². The van der Waals surface area contributed by atoms with Gasteiger partial charge < -0.3 is 5.32 Å². The number of hydrogen-bond acceptors (Lipinski definition) is 4. The summed E-state index contributed by atoms with van der Waals surface area (Å²) in [5, 5.41) is 6.01. The number of nitrogens with zero attached hydrogens (tertiary/aromatic N) is 2. The molecule has 0 aliphatic carbocycles. The molecular formula is C20H29N3S. The minimum atomic E-state index is 0.649. The molecule has 0 saturated carbocycles. The largest absolute Gasteiger partial charge is 0.313 e. The third-order valence-corrected chi connectivity index (χ3v) is 5.86. The minimum Gasteiger partial charge on any atom is -0.313 e. The van der Waals surface area contributed by atoms with E-state index in [1.54, 1.807) is 0 Å². The van der Waals surface area contributed by atoms with Crippen LogP contribution in [0.4, 0.5) is 0 Å². The molecule has 0 bridgehead atoms. The zero-order chi connectivity index (χ0) is 16.8. The highest BCUT2D eigenvalue weighted by Crippen LogP contribution is 2.19. The number of hydrogen-bond donors (Lipinski definition) is 1. The molecule has 0 spiro atoms. The molecule has 2 aromatic heterocycles. The molecule has 1 aliphatic heterocycles. The van der Waals surface area contributed by atoms with E-state index in [1.807, 2.05) is 23.6 Å². The van der Waals surface area contributed by atoms with Crippen molar-refractivity contribution in [3.63, 3.8) is 0 Å². The molecule has 0 unspecified atom stereocenters. The van der Waals surface area contributed by atoms with Crippen LogP contribution in [0.3, 0.4) is 0 Å². The van der Waals surface area contributed by atoms with E-state index in [0.29, 0.717) is 17.9 Å². The Morgan fingerprint density at radius 1 is 1.33 bits per heavy atom. The van der Waals surface area contributed by atoms with Gasteiger partial charge in [0.15, 0.2) is 0 Å². The lowest BCUT2D eigenvalue weighted by atomic mass is 9.93. The first-order valence-electron chi connectivity index (χ1n) is 9.08. The summed E-state index contributed by atoms with van der Waals surface area (Å²) in [6.07, 6.45) is 4.32. The fraction of sp³-hybridized carbons (Fsp3) is 0.550. The first kappa shape index (κ1) is 17.6. The number of likely N-dealkylation sites (tertiary alicyclic amines) is 1. The molecule has 1 aliphatic rings. The van der Waals surface area contributed by atoms with Crippen molar-refractivity contribution in [2.24, 2.45) is 11.8 Å². The second-order valence-corrected chi connectivity index (χ2v) is 8.26. The summed E-state index contributed by atoms with van der Waals surface area (Å²) in [6, 6.07) is 11.2. The third-order valence-electron chi connectivity index (χ3n) is 4.96. The Morgan fingerprint density at radius 3 is 2.96 bits per heavy atom. The number of thiophene rings is 1. The summed E-state index contributed by atoms with van der Waals surface area (Å²) >= 11 is 1.87. The van der Waals surface area contributed by atoms with Gasteiger partial charge in [-0.25, -0.2) is 0 Å². The Bertz CT molecular complexity index is 584. The van der Waals surface area contributed by atoms with Crippen molar-refractivity contribution >= 4 is 11.3 Å².